The van der Waals surface area contributed by atoms with Crippen molar-refractivity contribution in [2.24, 2.45) is 0 Å². The van der Waals surface area contributed by atoms with Crippen LogP contribution in [0.15, 0.2) is 97.3 Å². The van der Waals surface area contributed by atoms with Crippen molar-refractivity contribution in [3.63, 3.8) is 0 Å². The molecule has 3 aromatic carbocycles. The van der Waals surface area contributed by atoms with Gasteiger partial charge < -0.3 is 10.6 Å². The summed E-state index contributed by atoms with van der Waals surface area (Å²) in [5.41, 5.74) is 2.98. The van der Waals surface area contributed by atoms with Gasteiger partial charge in [0.1, 0.15) is 0 Å². The van der Waals surface area contributed by atoms with E-state index < -0.39 is 0 Å². The predicted octanol–water partition coefficient (Wildman–Crippen LogP) is 4.75. The Labute approximate surface area is 170 Å². The quantitative estimate of drug-likeness (QED) is 0.486. The number of hydrogen-bond donors (Lipinski definition) is 2. The van der Waals surface area contributed by atoms with Gasteiger partial charge in [-0.2, -0.15) is 0 Å². The second kappa shape index (κ2) is 9.13. The molecular weight excluding hydrogens is 358 g/mol. The van der Waals surface area contributed by atoms with E-state index in [1.54, 1.807) is 6.20 Å². The van der Waals surface area contributed by atoms with Crippen LogP contribution in [0.3, 0.4) is 0 Å². The molecule has 4 rings (SSSR count). The third-order valence-corrected chi connectivity index (χ3v) is 4.95. The van der Waals surface area contributed by atoms with Crippen molar-refractivity contribution in [1.82, 2.24) is 10.3 Å². The summed E-state index contributed by atoms with van der Waals surface area (Å²) in [6, 6.07) is 27.9. The molecule has 2 N–H and O–H groups in total. The molecule has 29 heavy (non-hydrogen) atoms. The lowest BCUT2D eigenvalue weighted by molar-refractivity contribution is -0.117. The zero-order valence-corrected chi connectivity index (χ0v) is 16.1. The van der Waals surface area contributed by atoms with E-state index in [0.717, 1.165) is 28.6 Å². The Bertz CT molecular complexity index is 1080. The van der Waals surface area contributed by atoms with Crippen molar-refractivity contribution in [3.05, 3.63) is 108 Å². The van der Waals surface area contributed by atoms with Crippen LogP contribution in [0.2, 0.25) is 0 Å². The van der Waals surface area contributed by atoms with Gasteiger partial charge in [-0.25, -0.2) is 0 Å². The van der Waals surface area contributed by atoms with E-state index in [0.29, 0.717) is 6.54 Å². The fourth-order valence-electron chi connectivity index (χ4n) is 3.39. The predicted molar refractivity (Wildman–Crippen MR) is 118 cm³/mol. The van der Waals surface area contributed by atoms with E-state index in [2.05, 4.69) is 27.8 Å². The summed E-state index contributed by atoms with van der Waals surface area (Å²) in [5, 5.41) is 8.61. The van der Waals surface area contributed by atoms with Gasteiger partial charge >= 0.3 is 0 Å². The van der Waals surface area contributed by atoms with Crippen molar-refractivity contribution >= 4 is 22.4 Å². The van der Waals surface area contributed by atoms with Gasteiger partial charge in [0.15, 0.2) is 0 Å². The molecular formula is C25H23N3O. The average molecular weight is 381 g/mol. The van der Waals surface area contributed by atoms with Crippen LogP contribution in [0.1, 0.15) is 17.0 Å². The first-order chi connectivity index (χ1) is 14.3. The number of aromatic nitrogens is 1. The normalized spacial score (nSPS) is 11.9. The molecule has 0 aliphatic rings. The van der Waals surface area contributed by atoms with E-state index >= 15 is 0 Å². The summed E-state index contributed by atoms with van der Waals surface area (Å²) in [6.07, 6.45) is 3.58. The van der Waals surface area contributed by atoms with Crippen LogP contribution in [0.4, 0.5) is 5.69 Å². The van der Waals surface area contributed by atoms with E-state index in [-0.39, 0.29) is 11.8 Å². The largest absolute Gasteiger partial charge is 0.325 e. The Morgan fingerprint density at radius 1 is 0.862 bits per heavy atom. The minimum atomic E-state index is -0.284. The van der Waals surface area contributed by atoms with Gasteiger partial charge in [0.25, 0.3) is 0 Å². The number of nitrogens with one attached hydrogen (secondary N) is 2. The second-order valence-corrected chi connectivity index (χ2v) is 7.01. The molecule has 1 amide bonds. The molecule has 4 nitrogen and oxygen atoms in total. The maximum absolute atomic E-state index is 13.1. The Balaban J connectivity index is 1.49. The van der Waals surface area contributed by atoms with Crippen LogP contribution in [0.5, 0.6) is 0 Å². The molecule has 1 unspecified atom stereocenters. The third kappa shape index (κ3) is 4.86. The number of anilines is 1. The van der Waals surface area contributed by atoms with Gasteiger partial charge in [0.05, 0.1) is 5.92 Å². The number of fused-ring (bicyclic) bond motifs is 1. The molecule has 144 valence electrons. The van der Waals surface area contributed by atoms with Crippen LogP contribution in [-0.4, -0.2) is 17.4 Å². The van der Waals surface area contributed by atoms with Gasteiger partial charge in [-0.3, -0.25) is 9.78 Å². The number of carbonyl (C=O) groups is 1. The van der Waals surface area contributed by atoms with E-state index in [9.17, 15) is 4.79 Å². The zero-order chi connectivity index (χ0) is 19.9. The molecule has 0 spiro atoms. The van der Waals surface area contributed by atoms with Crippen LogP contribution in [0, 0.1) is 0 Å². The Kier molecular flexibility index (Phi) is 5.93. The lowest BCUT2D eigenvalue weighted by atomic mass is 9.97. The summed E-state index contributed by atoms with van der Waals surface area (Å²) in [5.74, 6) is -0.307. The highest BCUT2D eigenvalue weighted by molar-refractivity contribution is 5.98. The number of hydrogen-bond acceptors (Lipinski definition) is 3. The molecule has 0 aliphatic carbocycles. The van der Waals surface area contributed by atoms with E-state index in [1.165, 1.54) is 5.56 Å². The second-order valence-electron chi connectivity index (χ2n) is 7.01. The first-order valence-electron chi connectivity index (χ1n) is 9.74. The van der Waals surface area contributed by atoms with Gasteiger partial charge in [-0.15, -0.1) is 0 Å². The number of pyridine rings is 1. The molecule has 0 bridgehead atoms. The van der Waals surface area contributed by atoms with Crippen LogP contribution < -0.4 is 10.6 Å². The Morgan fingerprint density at radius 2 is 1.62 bits per heavy atom. The summed E-state index contributed by atoms with van der Waals surface area (Å²) < 4.78 is 0. The Morgan fingerprint density at radius 3 is 2.41 bits per heavy atom. The van der Waals surface area contributed by atoms with Crippen LogP contribution in [-0.2, 0) is 11.3 Å². The van der Waals surface area contributed by atoms with Crippen molar-refractivity contribution in [1.29, 1.82) is 0 Å². The number of amides is 1. The lowest BCUT2D eigenvalue weighted by Crippen LogP contribution is -2.30. The summed E-state index contributed by atoms with van der Waals surface area (Å²) in [7, 11) is 0. The highest BCUT2D eigenvalue weighted by atomic mass is 16.1. The molecule has 0 radical (unpaired) electrons. The summed E-state index contributed by atoms with van der Waals surface area (Å²) >= 11 is 0. The van der Waals surface area contributed by atoms with E-state index in [1.807, 2.05) is 79.0 Å². The molecule has 1 atom stereocenters. The summed E-state index contributed by atoms with van der Waals surface area (Å²) in [6.45, 7) is 1.28. The molecule has 0 aliphatic heterocycles. The van der Waals surface area contributed by atoms with E-state index in [4.69, 9.17) is 0 Å². The SMILES string of the molecule is O=C(Nc1ccc2cnccc2c1)C(CNCc1ccccc1)c1ccccc1. The minimum absolute atomic E-state index is 0.0230. The number of nitrogens with zero attached hydrogens (tertiary/aromatic N) is 1. The Hall–Kier alpha value is -3.50. The molecule has 0 saturated carbocycles. The number of carbonyl (C=O) groups excluding carboxylic acids is 1. The first-order valence-corrected chi connectivity index (χ1v) is 9.74. The van der Waals surface area contributed by atoms with Gasteiger partial charge in [-0.1, -0.05) is 66.7 Å². The van der Waals surface area contributed by atoms with Crippen molar-refractivity contribution in [3.8, 4) is 0 Å². The molecule has 4 heteroatoms. The molecule has 1 aromatic heterocycles. The van der Waals surface area contributed by atoms with Crippen molar-refractivity contribution in [2.45, 2.75) is 12.5 Å². The fourth-order valence-corrected chi connectivity index (χ4v) is 3.39. The van der Waals surface area contributed by atoms with Crippen LogP contribution >= 0.6 is 0 Å². The van der Waals surface area contributed by atoms with Crippen molar-refractivity contribution in [2.75, 3.05) is 11.9 Å². The van der Waals surface area contributed by atoms with Gasteiger partial charge in [-0.05, 0) is 34.7 Å². The average Bonchev–Trinajstić information content (AvgIpc) is 2.78. The minimum Gasteiger partial charge on any atom is -0.325 e. The fraction of sp³-hybridized carbons (Fsp3) is 0.120. The molecule has 0 fully saturated rings. The molecule has 0 saturated heterocycles. The smallest absolute Gasteiger partial charge is 0.233 e. The van der Waals surface area contributed by atoms with Crippen LogP contribution in [0.25, 0.3) is 10.8 Å². The third-order valence-electron chi connectivity index (χ3n) is 4.95. The molecule has 1 heterocycles. The maximum Gasteiger partial charge on any atom is 0.233 e. The maximum atomic E-state index is 13.1. The standard InChI is InChI=1S/C25H23N3O/c29-25(28-23-12-11-22-17-26-14-13-21(22)15-23)24(20-9-5-2-6-10-20)18-27-16-19-7-3-1-4-8-19/h1-15,17,24,27H,16,18H2,(H,28,29). The highest BCUT2D eigenvalue weighted by Gasteiger charge is 2.20. The molecule has 4 aromatic rings. The zero-order valence-electron chi connectivity index (χ0n) is 16.1. The van der Waals surface area contributed by atoms with Gasteiger partial charge in [0.2, 0.25) is 5.91 Å². The highest BCUT2D eigenvalue weighted by Crippen LogP contribution is 2.21. The van der Waals surface area contributed by atoms with Gasteiger partial charge in [0, 0.05) is 36.6 Å². The topological polar surface area (TPSA) is 54.0 Å². The first kappa shape index (κ1) is 18.8. The monoisotopic (exact) mass is 381 g/mol. The van der Waals surface area contributed by atoms with Crippen molar-refractivity contribution < 1.29 is 4.79 Å². The summed E-state index contributed by atoms with van der Waals surface area (Å²) in [4.78, 5) is 17.3. The number of benzene rings is 3. The lowest BCUT2D eigenvalue weighted by Gasteiger charge is -2.18. The number of rotatable bonds is 7.